The van der Waals surface area contributed by atoms with E-state index in [9.17, 15) is 4.79 Å². The molecule has 2 saturated heterocycles. The van der Waals surface area contributed by atoms with E-state index >= 15 is 0 Å². The van der Waals surface area contributed by atoms with E-state index in [1.54, 1.807) is 0 Å². The van der Waals surface area contributed by atoms with Gasteiger partial charge in [0.05, 0.1) is 41.8 Å². The number of ether oxygens (including phenoxy) is 1. The van der Waals surface area contributed by atoms with E-state index in [-0.39, 0.29) is 23.8 Å². The predicted molar refractivity (Wildman–Crippen MR) is 128 cm³/mol. The number of piperazine rings is 1. The van der Waals surface area contributed by atoms with Gasteiger partial charge in [-0.1, -0.05) is 24.3 Å². The van der Waals surface area contributed by atoms with Crippen LogP contribution in [-0.2, 0) is 9.53 Å². The van der Waals surface area contributed by atoms with Crippen LogP contribution in [0.15, 0.2) is 48.8 Å². The maximum atomic E-state index is 12.6. The van der Waals surface area contributed by atoms with Crippen LogP contribution in [-0.4, -0.2) is 66.3 Å². The van der Waals surface area contributed by atoms with Gasteiger partial charge in [-0.2, -0.15) is 10.4 Å². The lowest BCUT2D eigenvalue weighted by atomic mass is 10.0. The first kappa shape index (κ1) is 21.1. The minimum absolute atomic E-state index is 0.0783. The van der Waals surface area contributed by atoms with Gasteiger partial charge in [0, 0.05) is 57.2 Å². The van der Waals surface area contributed by atoms with Gasteiger partial charge in [0.2, 0.25) is 5.91 Å². The number of benzene rings is 1. The highest BCUT2D eigenvalue weighted by Crippen LogP contribution is 2.39. The number of amides is 1. The van der Waals surface area contributed by atoms with Gasteiger partial charge in [0.1, 0.15) is 0 Å². The molecule has 1 N–H and O–H groups in total. The van der Waals surface area contributed by atoms with Gasteiger partial charge in [0.25, 0.3) is 0 Å². The lowest BCUT2D eigenvalue weighted by Crippen LogP contribution is -2.49. The number of fused-ring (bicyclic) bond motifs is 1. The summed E-state index contributed by atoms with van der Waals surface area (Å²) < 4.78 is 7.81. The van der Waals surface area contributed by atoms with Gasteiger partial charge >= 0.3 is 0 Å². The number of nitriles is 1. The van der Waals surface area contributed by atoms with Crippen molar-refractivity contribution >= 4 is 17.1 Å². The third-order valence-electron chi connectivity index (χ3n) is 7.24. The number of carbonyl (C=O) groups is 1. The molecule has 2 aliphatic heterocycles. The summed E-state index contributed by atoms with van der Waals surface area (Å²) in [5, 5.41) is 16.9. The number of nitrogens with zero attached hydrogens (tertiary/aromatic N) is 5. The molecule has 2 aromatic heterocycles. The van der Waals surface area contributed by atoms with E-state index in [1.807, 2.05) is 15.6 Å². The van der Waals surface area contributed by atoms with Gasteiger partial charge in [-0.05, 0) is 29.7 Å². The molecule has 1 aliphatic carbocycles. The van der Waals surface area contributed by atoms with E-state index in [0.717, 1.165) is 61.5 Å². The Labute approximate surface area is 198 Å². The minimum Gasteiger partial charge on any atom is -0.371 e. The second-order valence-electron chi connectivity index (χ2n) is 9.35. The zero-order valence-corrected chi connectivity index (χ0v) is 19.1. The SMILES string of the molecule is N#C[C@H]1C[C@@H]1C(=O)N1CCN(c2ccnn3cc(-c4ccc(C5CNCCO5)cc4)cc23)CC1. The molecule has 6 rings (SSSR count). The van der Waals surface area contributed by atoms with Crippen molar-refractivity contribution in [1.82, 2.24) is 19.8 Å². The molecule has 1 aromatic carbocycles. The second kappa shape index (κ2) is 8.75. The summed E-state index contributed by atoms with van der Waals surface area (Å²) in [4.78, 5) is 16.9. The quantitative estimate of drug-likeness (QED) is 0.649. The molecule has 8 nitrogen and oxygen atoms in total. The summed E-state index contributed by atoms with van der Waals surface area (Å²) in [5.74, 6) is -0.0102. The van der Waals surface area contributed by atoms with Crippen molar-refractivity contribution in [2.45, 2.75) is 12.5 Å². The van der Waals surface area contributed by atoms with Crippen molar-refractivity contribution in [2.75, 3.05) is 50.8 Å². The van der Waals surface area contributed by atoms with Crippen LogP contribution < -0.4 is 10.2 Å². The lowest BCUT2D eigenvalue weighted by molar-refractivity contribution is -0.133. The molecule has 1 amide bonds. The molecule has 1 unspecified atom stereocenters. The average molecular weight is 457 g/mol. The number of nitrogens with one attached hydrogen (secondary N) is 1. The van der Waals surface area contributed by atoms with Crippen LogP contribution in [0, 0.1) is 23.2 Å². The fourth-order valence-corrected chi connectivity index (χ4v) is 5.11. The Morgan fingerprint density at radius 1 is 1.12 bits per heavy atom. The molecule has 3 aromatic rings. The molecule has 8 heteroatoms. The smallest absolute Gasteiger partial charge is 0.227 e. The highest BCUT2D eigenvalue weighted by Gasteiger charge is 2.45. The van der Waals surface area contributed by atoms with Crippen molar-refractivity contribution in [3.05, 3.63) is 54.4 Å². The highest BCUT2D eigenvalue weighted by atomic mass is 16.5. The maximum Gasteiger partial charge on any atom is 0.227 e. The third kappa shape index (κ3) is 3.91. The topological polar surface area (TPSA) is 85.9 Å². The monoisotopic (exact) mass is 456 g/mol. The summed E-state index contributed by atoms with van der Waals surface area (Å²) in [5.41, 5.74) is 5.66. The van der Waals surface area contributed by atoms with Crippen LogP contribution in [0.5, 0.6) is 0 Å². The summed E-state index contributed by atoms with van der Waals surface area (Å²) >= 11 is 0. The van der Waals surface area contributed by atoms with E-state index < -0.39 is 0 Å². The largest absolute Gasteiger partial charge is 0.371 e. The standard InChI is InChI=1S/C26H28N6O2/c27-15-20-13-22(20)26(33)31-10-8-30(9-11-31)23-5-6-29-32-17-21(14-24(23)32)18-1-3-19(4-2-18)25-16-28-7-12-34-25/h1-6,14,17,20,22,25,28H,7-13,16H2/t20-,22+,25?/m1/s1. The average Bonchev–Trinajstić information content (AvgIpc) is 3.57. The first-order chi connectivity index (χ1) is 16.7. The second-order valence-corrected chi connectivity index (χ2v) is 9.35. The van der Waals surface area contributed by atoms with Crippen molar-refractivity contribution < 1.29 is 9.53 Å². The van der Waals surface area contributed by atoms with E-state index in [2.05, 4.69) is 64.0 Å². The molecular weight excluding hydrogens is 428 g/mol. The number of aromatic nitrogens is 2. The molecule has 3 atom stereocenters. The maximum absolute atomic E-state index is 12.6. The molecule has 3 aliphatic rings. The fraction of sp³-hybridized carbons (Fsp3) is 0.423. The molecule has 0 spiro atoms. The number of anilines is 1. The van der Waals surface area contributed by atoms with Gasteiger partial charge < -0.3 is 19.9 Å². The van der Waals surface area contributed by atoms with Crippen LogP contribution in [0.1, 0.15) is 18.1 Å². The van der Waals surface area contributed by atoms with Crippen molar-refractivity contribution in [1.29, 1.82) is 5.26 Å². The van der Waals surface area contributed by atoms with Crippen molar-refractivity contribution in [3.8, 4) is 17.2 Å². The first-order valence-electron chi connectivity index (χ1n) is 12.0. The molecular formula is C26H28N6O2. The minimum atomic E-state index is -0.0790. The summed E-state index contributed by atoms with van der Waals surface area (Å²) in [6, 6.07) is 15.1. The third-order valence-corrected chi connectivity index (χ3v) is 7.24. The van der Waals surface area contributed by atoms with E-state index in [4.69, 9.17) is 10.00 Å². The first-order valence-corrected chi connectivity index (χ1v) is 12.0. The van der Waals surface area contributed by atoms with Crippen LogP contribution >= 0.6 is 0 Å². The Morgan fingerprint density at radius 3 is 2.65 bits per heavy atom. The van der Waals surface area contributed by atoms with Gasteiger partial charge in [-0.3, -0.25) is 4.79 Å². The predicted octanol–water partition coefficient (Wildman–Crippen LogP) is 2.47. The highest BCUT2D eigenvalue weighted by molar-refractivity contribution is 5.83. The van der Waals surface area contributed by atoms with E-state index in [1.165, 1.54) is 5.56 Å². The summed E-state index contributed by atoms with van der Waals surface area (Å²) in [6.45, 7) is 5.44. The number of rotatable bonds is 4. The molecule has 0 radical (unpaired) electrons. The van der Waals surface area contributed by atoms with Crippen molar-refractivity contribution in [3.63, 3.8) is 0 Å². The molecule has 0 bridgehead atoms. The van der Waals surface area contributed by atoms with Crippen LogP contribution in [0.2, 0.25) is 0 Å². The normalized spacial score (nSPS) is 24.7. The Morgan fingerprint density at radius 2 is 1.94 bits per heavy atom. The molecule has 4 heterocycles. The zero-order chi connectivity index (χ0) is 23.1. The molecule has 34 heavy (non-hydrogen) atoms. The summed E-state index contributed by atoms with van der Waals surface area (Å²) in [7, 11) is 0. The number of hydrogen-bond donors (Lipinski definition) is 1. The van der Waals surface area contributed by atoms with Gasteiger partial charge in [-0.15, -0.1) is 0 Å². The van der Waals surface area contributed by atoms with Crippen molar-refractivity contribution in [2.24, 2.45) is 11.8 Å². The fourth-order valence-electron chi connectivity index (χ4n) is 5.11. The molecule has 3 fully saturated rings. The Kier molecular flexibility index (Phi) is 5.44. The number of carbonyl (C=O) groups excluding carboxylic acids is 1. The van der Waals surface area contributed by atoms with E-state index in [0.29, 0.717) is 13.1 Å². The number of hydrogen-bond acceptors (Lipinski definition) is 6. The van der Waals surface area contributed by atoms with Crippen LogP contribution in [0.25, 0.3) is 16.6 Å². The molecule has 174 valence electrons. The zero-order valence-electron chi connectivity index (χ0n) is 19.1. The Bertz CT molecular complexity index is 1230. The lowest BCUT2D eigenvalue weighted by Gasteiger charge is -2.36. The molecule has 1 saturated carbocycles. The van der Waals surface area contributed by atoms with Gasteiger partial charge in [0.15, 0.2) is 0 Å². The Hall–Kier alpha value is -3.41. The van der Waals surface area contributed by atoms with Crippen LogP contribution in [0.3, 0.4) is 0 Å². The Balaban J connectivity index is 1.18. The summed E-state index contributed by atoms with van der Waals surface area (Å²) in [6.07, 6.45) is 4.74. The number of morpholine rings is 1. The van der Waals surface area contributed by atoms with Gasteiger partial charge in [-0.25, -0.2) is 4.52 Å². The van der Waals surface area contributed by atoms with Crippen LogP contribution in [0.4, 0.5) is 5.69 Å².